The van der Waals surface area contributed by atoms with Gasteiger partial charge in [0.25, 0.3) is 5.91 Å². The summed E-state index contributed by atoms with van der Waals surface area (Å²) in [6, 6.07) is 1.11. The second kappa shape index (κ2) is 4.17. The molecule has 1 saturated heterocycles. The monoisotopic (exact) mass is 252 g/mol. The van der Waals surface area contributed by atoms with Crippen LogP contribution in [0.2, 0.25) is 0 Å². The first-order valence-electron chi connectivity index (χ1n) is 5.28. The van der Waals surface area contributed by atoms with Gasteiger partial charge in [-0.25, -0.2) is 9.59 Å². The fourth-order valence-electron chi connectivity index (χ4n) is 1.82. The first-order valence-corrected chi connectivity index (χ1v) is 5.28. The third-order valence-corrected chi connectivity index (χ3v) is 2.71. The quantitative estimate of drug-likeness (QED) is 0.799. The van der Waals surface area contributed by atoms with E-state index in [0.717, 1.165) is 4.90 Å². The number of hydrogen-bond donors (Lipinski definition) is 1. The van der Waals surface area contributed by atoms with Gasteiger partial charge in [-0.15, -0.1) is 0 Å². The van der Waals surface area contributed by atoms with E-state index in [4.69, 9.17) is 9.52 Å². The molecule has 1 N–H and O–H groups in total. The van der Waals surface area contributed by atoms with Crippen molar-refractivity contribution < 1.29 is 23.9 Å². The summed E-state index contributed by atoms with van der Waals surface area (Å²) in [4.78, 5) is 36.3. The summed E-state index contributed by atoms with van der Waals surface area (Å²) in [5, 5.41) is 8.84. The summed E-state index contributed by atoms with van der Waals surface area (Å²) < 4.78 is 5.11. The number of amides is 3. The number of carboxylic acid groups (broad SMARTS) is 1. The van der Waals surface area contributed by atoms with E-state index in [-0.39, 0.29) is 30.5 Å². The molecule has 2 rings (SSSR count). The van der Waals surface area contributed by atoms with E-state index in [1.54, 1.807) is 6.92 Å². The molecule has 7 heteroatoms. The molecule has 0 unspecified atom stereocenters. The SMILES string of the molecule is Cc1cc(CN2C(=O)CN(C)C2=O)oc1C(=O)O. The molecule has 1 aliphatic heterocycles. The highest BCUT2D eigenvalue weighted by Crippen LogP contribution is 2.19. The lowest BCUT2D eigenvalue weighted by Gasteiger charge is -2.11. The molecule has 0 aromatic carbocycles. The molecule has 0 radical (unpaired) electrons. The number of carboxylic acids is 1. The second-order valence-electron chi connectivity index (χ2n) is 4.15. The molecule has 18 heavy (non-hydrogen) atoms. The molecule has 1 aliphatic rings. The van der Waals surface area contributed by atoms with Crippen LogP contribution in [-0.4, -0.2) is 46.4 Å². The van der Waals surface area contributed by atoms with Crippen LogP contribution < -0.4 is 0 Å². The predicted octanol–water partition coefficient (Wildman–Crippen LogP) is 0.680. The number of urea groups is 1. The van der Waals surface area contributed by atoms with Gasteiger partial charge in [0.2, 0.25) is 5.76 Å². The Kier molecular flexibility index (Phi) is 2.82. The van der Waals surface area contributed by atoms with Crippen LogP contribution in [0.15, 0.2) is 10.5 Å². The maximum atomic E-state index is 11.6. The molecular weight excluding hydrogens is 240 g/mol. The van der Waals surface area contributed by atoms with E-state index in [1.807, 2.05) is 0 Å². The summed E-state index contributed by atoms with van der Waals surface area (Å²) in [6.07, 6.45) is 0. The maximum Gasteiger partial charge on any atom is 0.372 e. The third kappa shape index (κ3) is 1.94. The van der Waals surface area contributed by atoms with Crippen LogP contribution >= 0.6 is 0 Å². The first-order chi connectivity index (χ1) is 8.40. The van der Waals surface area contributed by atoms with E-state index in [9.17, 15) is 14.4 Å². The van der Waals surface area contributed by atoms with Crippen LogP contribution in [0.4, 0.5) is 4.79 Å². The topological polar surface area (TPSA) is 91.1 Å². The highest BCUT2D eigenvalue weighted by molar-refractivity contribution is 6.01. The molecule has 96 valence electrons. The van der Waals surface area contributed by atoms with Crippen molar-refractivity contribution in [2.75, 3.05) is 13.6 Å². The van der Waals surface area contributed by atoms with Crippen molar-refractivity contribution >= 4 is 17.9 Å². The summed E-state index contributed by atoms with van der Waals surface area (Å²) in [7, 11) is 1.52. The van der Waals surface area contributed by atoms with Crippen LogP contribution in [0.3, 0.4) is 0 Å². The summed E-state index contributed by atoms with van der Waals surface area (Å²) in [5.41, 5.74) is 0.463. The van der Waals surface area contributed by atoms with Crippen molar-refractivity contribution in [2.24, 2.45) is 0 Å². The van der Waals surface area contributed by atoms with Crippen molar-refractivity contribution in [3.8, 4) is 0 Å². The van der Waals surface area contributed by atoms with Crippen molar-refractivity contribution in [3.63, 3.8) is 0 Å². The van der Waals surface area contributed by atoms with E-state index >= 15 is 0 Å². The van der Waals surface area contributed by atoms with Crippen LogP contribution in [0, 0.1) is 6.92 Å². The van der Waals surface area contributed by atoms with Crippen molar-refractivity contribution in [3.05, 3.63) is 23.2 Å². The van der Waals surface area contributed by atoms with E-state index < -0.39 is 12.0 Å². The minimum Gasteiger partial charge on any atom is -0.475 e. The highest BCUT2D eigenvalue weighted by atomic mass is 16.4. The molecule has 3 amide bonds. The van der Waals surface area contributed by atoms with E-state index in [0.29, 0.717) is 5.56 Å². The van der Waals surface area contributed by atoms with Gasteiger partial charge >= 0.3 is 12.0 Å². The number of nitrogens with zero attached hydrogens (tertiary/aromatic N) is 2. The highest BCUT2D eigenvalue weighted by Gasteiger charge is 2.34. The Balaban J connectivity index is 2.20. The van der Waals surface area contributed by atoms with Gasteiger partial charge in [-0.05, 0) is 13.0 Å². The Hall–Kier alpha value is -2.31. The van der Waals surface area contributed by atoms with Gasteiger partial charge in [0.05, 0.1) is 6.54 Å². The van der Waals surface area contributed by atoms with Gasteiger partial charge in [-0.1, -0.05) is 0 Å². The molecule has 1 aromatic rings. The van der Waals surface area contributed by atoms with Gasteiger partial charge in [0.1, 0.15) is 12.3 Å². The zero-order valence-corrected chi connectivity index (χ0v) is 9.97. The number of hydrogen-bond acceptors (Lipinski definition) is 4. The molecule has 0 atom stereocenters. The fourth-order valence-corrected chi connectivity index (χ4v) is 1.82. The maximum absolute atomic E-state index is 11.6. The molecule has 0 bridgehead atoms. The van der Waals surface area contributed by atoms with Crippen LogP contribution in [0.1, 0.15) is 21.9 Å². The Morgan fingerprint density at radius 3 is 2.61 bits per heavy atom. The number of imide groups is 1. The van der Waals surface area contributed by atoms with Crippen LogP contribution in [0.25, 0.3) is 0 Å². The third-order valence-electron chi connectivity index (χ3n) is 2.71. The average Bonchev–Trinajstić information content (AvgIpc) is 2.75. The number of carbonyl (C=O) groups is 3. The lowest BCUT2D eigenvalue weighted by molar-refractivity contribution is -0.125. The fraction of sp³-hybridized carbons (Fsp3) is 0.364. The standard InChI is InChI=1S/C11H12N2O5/c1-6-3-7(18-9(6)10(15)16)4-13-8(14)5-12(2)11(13)17/h3H,4-5H2,1-2H3,(H,15,16). The van der Waals surface area contributed by atoms with Gasteiger partial charge in [0, 0.05) is 12.6 Å². The summed E-state index contributed by atoms with van der Waals surface area (Å²) in [6.45, 7) is 1.58. The Labute approximate surface area is 103 Å². The van der Waals surface area contributed by atoms with E-state index in [1.165, 1.54) is 18.0 Å². The largest absolute Gasteiger partial charge is 0.475 e. The Morgan fingerprint density at radius 1 is 1.50 bits per heavy atom. The number of rotatable bonds is 3. The van der Waals surface area contributed by atoms with E-state index in [2.05, 4.69) is 0 Å². The molecule has 7 nitrogen and oxygen atoms in total. The number of carbonyl (C=O) groups excluding carboxylic acids is 2. The predicted molar refractivity (Wildman–Crippen MR) is 59.0 cm³/mol. The average molecular weight is 252 g/mol. The van der Waals surface area contributed by atoms with Crippen LogP contribution in [0.5, 0.6) is 0 Å². The lowest BCUT2D eigenvalue weighted by Crippen LogP contribution is -2.30. The number of furan rings is 1. The molecule has 1 fully saturated rings. The number of aryl methyl sites for hydroxylation is 1. The molecule has 0 saturated carbocycles. The van der Waals surface area contributed by atoms with Crippen molar-refractivity contribution in [1.82, 2.24) is 9.80 Å². The molecule has 0 aliphatic carbocycles. The number of aromatic carboxylic acids is 1. The molecule has 2 heterocycles. The first kappa shape index (κ1) is 12.2. The van der Waals surface area contributed by atoms with Crippen molar-refractivity contribution in [2.45, 2.75) is 13.5 Å². The Morgan fingerprint density at radius 2 is 2.17 bits per heavy atom. The summed E-state index contributed by atoms with van der Waals surface area (Å²) in [5.74, 6) is -1.39. The van der Waals surface area contributed by atoms with Gasteiger partial charge in [-0.2, -0.15) is 0 Å². The summed E-state index contributed by atoms with van der Waals surface area (Å²) >= 11 is 0. The normalized spacial score (nSPS) is 15.7. The van der Waals surface area contributed by atoms with Gasteiger partial charge in [0.15, 0.2) is 0 Å². The van der Waals surface area contributed by atoms with Crippen LogP contribution in [-0.2, 0) is 11.3 Å². The van der Waals surface area contributed by atoms with Gasteiger partial charge in [-0.3, -0.25) is 9.69 Å². The zero-order valence-electron chi connectivity index (χ0n) is 9.97. The second-order valence-corrected chi connectivity index (χ2v) is 4.15. The lowest BCUT2D eigenvalue weighted by atomic mass is 10.2. The Bertz CT molecular complexity index is 534. The molecule has 1 aromatic heterocycles. The minimum absolute atomic E-state index is 0.0321. The zero-order chi connectivity index (χ0) is 13.4. The number of likely N-dealkylation sites (N-methyl/N-ethyl adjacent to an activating group) is 1. The van der Waals surface area contributed by atoms with Gasteiger partial charge < -0.3 is 14.4 Å². The smallest absolute Gasteiger partial charge is 0.372 e. The molecular formula is C11H12N2O5. The van der Waals surface area contributed by atoms with Crippen molar-refractivity contribution in [1.29, 1.82) is 0 Å². The molecule has 0 spiro atoms. The minimum atomic E-state index is -1.17.